The first-order chi connectivity index (χ1) is 11.2. The fourth-order valence-corrected chi connectivity index (χ4v) is 3.31. The number of aliphatic carboxylic acids is 4. The van der Waals surface area contributed by atoms with Crippen molar-refractivity contribution < 1.29 is 39.6 Å². The zero-order valence-corrected chi connectivity index (χ0v) is 12.5. The van der Waals surface area contributed by atoms with Crippen LogP contribution in [0.4, 0.5) is 0 Å². The van der Waals surface area contributed by atoms with Crippen molar-refractivity contribution in [2.75, 3.05) is 0 Å². The van der Waals surface area contributed by atoms with Gasteiger partial charge in [0.1, 0.15) is 0 Å². The van der Waals surface area contributed by atoms with Crippen LogP contribution in [0.2, 0.25) is 0 Å². The van der Waals surface area contributed by atoms with Crippen molar-refractivity contribution in [3.63, 3.8) is 0 Å². The molecule has 0 spiro atoms. The van der Waals surface area contributed by atoms with Crippen LogP contribution in [0.5, 0.6) is 0 Å². The second-order valence-corrected chi connectivity index (χ2v) is 5.92. The third-order valence-corrected chi connectivity index (χ3v) is 4.53. The van der Waals surface area contributed by atoms with E-state index in [0.29, 0.717) is 11.1 Å². The molecule has 8 heteroatoms. The molecule has 128 valence electrons. The Morgan fingerprint density at radius 1 is 1.04 bits per heavy atom. The molecule has 1 aromatic carbocycles. The summed E-state index contributed by atoms with van der Waals surface area (Å²) in [5.41, 5.74) is -1.27. The van der Waals surface area contributed by atoms with Gasteiger partial charge in [0.05, 0.1) is 12.3 Å². The number of hydrogen-bond donors (Lipinski definition) is 4. The SMILES string of the molecule is O=C(O)CC(C(=O)O)C1CC(C(=O)O)(C(=O)O)Cc2ccccc21. The highest BCUT2D eigenvalue weighted by molar-refractivity contribution is 5.99. The second kappa shape index (κ2) is 6.31. The van der Waals surface area contributed by atoms with Gasteiger partial charge in [-0.15, -0.1) is 0 Å². The Morgan fingerprint density at radius 2 is 1.62 bits per heavy atom. The number of carbonyl (C=O) groups is 4. The van der Waals surface area contributed by atoms with Crippen molar-refractivity contribution in [1.82, 2.24) is 0 Å². The molecule has 24 heavy (non-hydrogen) atoms. The lowest BCUT2D eigenvalue weighted by Gasteiger charge is -2.38. The summed E-state index contributed by atoms with van der Waals surface area (Å²) < 4.78 is 0. The molecule has 0 aromatic heterocycles. The van der Waals surface area contributed by atoms with Gasteiger partial charge in [-0.25, -0.2) is 0 Å². The maximum Gasteiger partial charge on any atom is 0.321 e. The van der Waals surface area contributed by atoms with Crippen LogP contribution in [-0.4, -0.2) is 44.3 Å². The number of rotatable bonds is 6. The summed E-state index contributed by atoms with van der Waals surface area (Å²) in [5, 5.41) is 37.3. The van der Waals surface area contributed by atoms with E-state index in [1.165, 1.54) is 0 Å². The molecule has 4 N–H and O–H groups in total. The Balaban J connectivity index is 2.60. The minimum atomic E-state index is -2.18. The molecule has 1 aromatic rings. The van der Waals surface area contributed by atoms with Gasteiger partial charge in [-0.3, -0.25) is 19.2 Å². The number of benzene rings is 1. The second-order valence-electron chi connectivity index (χ2n) is 5.92. The Morgan fingerprint density at radius 3 is 2.12 bits per heavy atom. The van der Waals surface area contributed by atoms with E-state index in [-0.39, 0.29) is 6.42 Å². The average Bonchev–Trinajstić information content (AvgIpc) is 2.50. The molecule has 1 aliphatic carbocycles. The molecule has 0 bridgehead atoms. The van der Waals surface area contributed by atoms with E-state index < -0.39 is 54.0 Å². The van der Waals surface area contributed by atoms with Gasteiger partial charge >= 0.3 is 23.9 Å². The van der Waals surface area contributed by atoms with Crippen molar-refractivity contribution >= 4 is 23.9 Å². The third kappa shape index (κ3) is 2.94. The van der Waals surface area contributed by atoms with Crippen LogP contribution < -0.4 is 0 Å². The van der Waals surface area contributed by atoms with Crippen LogP contribution in [0.15, 0.2) is 24.3 Å². The van der Waals surface area contributed by atoms with Crippen LogP contribution >= 0.6 is 0 Å². The van der Waals surface area contributed by atoms with E-state index in [1.54, 1.807) is 24.3 Å². The van der Waals surface area contributed by atoms with E-state index in [4.69, 9.17) is 5.11 Å². The number of carboxylic acid groups (broad SMARTS) is 4. The quantitative estimate of drug-likeness (QED) is 0.563. The lowest BCUT2D eigenvalue weighted by atomic mass is 9.63. The standard InChI is InChI=1S/C16H16O8/c17-12(18)5-10(13(19)20)11-7-16(14(21)22,15(23)24)6-8-3-1-2-4-9(8)11/h1-4,10-11H,5-7H2,(H,17,18)(H,19,20)(H,21,22)(H,23,24). The van der Waals surface area contributed by atoms with Gasteiger partial charge in [0.15, 0.2) is 5.41 Å². The molecule has 0 fully saturated rings. The van der Waals surface area contributed by atoms with Gasteiger partial charge in [-0.05, 0) is 29.9 Å². The average molecular weight is 336 g/mol. The minimum absolute atomic E-state index is 0.274. The summed E-state index contributed by atoms with van der Waals surface area (Å²) in [4.78, 5) is 45.8. The van der Waals surface area contributed by atoms with Crippen molar-refractivity contribution in [1.29, 1.82) is 0 Å². The van der Waals surface area contributed by atoms with Crippen molar-refractivity contribution in [3.05, 3.63) is 35.4 Å². The van der Waals surface area contributed by atoms with Crippen molar-refractivity contribution in [2.45, 2.75) is 25.2 Å². The number of fused-ring (bicyclic) bond motifs is 1. The first kappa shape index (κ1) is 17.5. The summed E-state index contributed by atoms with van der Waals surface area (Å²) in [6, 6.07) is 6.36. The summed E-state index contributed by atoms with van der Waals surface area (Å²) in [5.74, 6) is -8.30. The van der Waals surface area contributed by atoms with Crippen LogP contribution in [0, 0.1) is 11.3 Å². The zero-order valence-electron chi connectivity index (χ0n) is 12.5. The molecule has 0 amide bonds. The largest absolute Gasteiger partial charge is 0.481 e. The van der Waals surface area contributed by atoms with Crippen LogP contribution in [-0.2, 0) is 25.6 Å². The Labute approximate surface area is 136 Å². The molecule has 0 radical (unpaired) electrons. The van der Waals surface area contributed by atoms with Gasteiger partial charge < -0.3 is 20.4 Å². The highest BCUT2D eigenvalue weighted by atomic mass is 16.4. The molecule has 0 aliphatic heterocycles. The molecule has 2 rings (SSSR count). The van der Waals surface area contributed by atoms with Crippen LogP contribution in [0.1, 0.15) is 29.9 Å². The number of carboxylic acids is 4. The van der Waals surface area contributed by atoms with Gasteiger partial charge in [-0.2, -0.15) is 0 Å². The molecule has 0 saturated heterocycles. The lowest BCUT2D eigenvalue weighted by Crippen LogP contribution is -2.47. The predicted molar refractivity (Wildman–Crippen MR) is 78.6 cm³/mol. The first-order valence-corrected chi connectivity index (χ1v) is 7.18. The summed E-state index contributed by atoms with van der Waals surface area (Å²) in [6.45, 7) is 0. The predicted octanol–water partition coefficient (Wildman–Crippen LogP) is 1.05. The molecular weight excluding hydrogens is 320 g/mol. The van der Waals surface area contributed by atoms with Crippen LogP contribution in [0.3, 0.4) is 0 Å². The van der Waals surface area contributed by atoms with Gasteiger partial charge in [0.25, 0.3) is 0 Å². The Hall–Kier alpha value is -2.90. The third-order valence-electron chi connectivity index (χ3n) is 4.53. The molecule has 8 nitrogen and oxygen atoms in total. The van der Waals surface area contributed by atoms with Gasteiger partial charge in [-0.1, -0.05) is 24.3 Å². The zero-order chi connectivity index (χ0) is 18.1. The molecule has 1 aliphatic rings. The molecule has 0 saturated carbocycles. The molecular formula is C16H16O8. The van der Waals surface area contributed by atoms with E-state index in [1.807, 2.05) is 0 Å². The van der Waals surface area contributed by atoms with Gasteiger partial charge in [0.2, 0.25) is 0 Å². The lowest BCUT2D eigenvalue weighted by molar-refractivity contribution is -0.167. The molecule has 0 heterocycles. The Bertz CT molecular complexity index is 694. The van der Waals surface area contributed by atoms with E-state index in [2.05, 4.69) is 0 Å². The topological polar surface area (TPSA) is 149 Å². The van der Waals surface area contributed by atoms with Crippen LogP contribution in [0.25, 0.3) is 0 Å². The van der Waals surface area contributed by atoms with E-state index >= 15 is 0 Å². The fraction of sp³-hybridized carbons (Fsp3) is 0.375. The molecule has 2 unspecified atom stereocenters. The fourth-order valence-electron chi connectivity index (χ4n) is 3.31. The summed E-state index contributed by atoms with van der Waals surface area (Å²) in [6.07, 6.45) is -1.47. The molecule has 2 atom stereocenters. The summed E-state index contributed by atoms with van der Waals surface area (Å²) in [7, 11) is 0. The Kier molecular flexibility index (Phi) is 4.59. The highest BCUT2D eigenvalue weighted by Gasteiger charge is 2.53. The summed E-state index contributed by atoms with van der Waals surface area (Å²) >= 11 is 0. The maximum absolute atomic E-state index is 11.6. The normalized spacial score (nSPS) is 19.8. The van der Waals surface area contributed by atoms with Crippen molar-refractivity contribution in [2.24, 2.45) is 11.3 Å². The minimum Gasteiger partial charge on any atom is -0.481 e. The monoisotopic (exact) mass is 336 g/mol. The maximum atomic E-state index is 11.6. The van der Waals surface area contributed by atoms with Crippen molar-refractivity contribution in [3.8, 4) is 0 Å². The van der Waals surface area contributed by atoms with E-state index in [9.17, 15) is 34.5 Å². The smallest absolute Gasteiger partial charge is 0.321 e. The van der Waals surface area contributed by atoms with E-state index in [0.717, 1.165) is 0 Å². The van der Waals surface area contributed by atoms with Gasteiger partial charge in [0, 0.05) is 0 Å². The highest BCUT2D eigenvalue weighted by Crippen LogP contribution is 2.47. The number of hydrogen-bond acceptors (Lipinski definition) is 4. The first-order valence-electron chi connectivity index (χ1n) is 7.18.